The molecular weight excluding hydrogens is 188 g/mol. The van der Waals surface area contributed by atoms with Gasteiger partial charge in [-0.3, -0.25) is 4.79 Å². The molecule has 0 aliphatic rings. The first-order chi connectivity index (χ1) is 6.11. The summed E-state index contributed by atoms with van der Waals surface area (Å²) in [6, 6.07) is 0. The lowest BCUT2D eigenvalue weighted by Gasteiger charge is -1.97. The van der Waals surface area contributed by atoms with Gasteiger partial charge in [0.05, 0.1) is 12.7 Å². The van der Waals surface area contributed by atoms with E-state index in [2.05, 4.69) is 4.98 Å². The molecule has 0 saturated heterocycles. The number of thioether (sulfide) groups is 1. The average molecular weight is 200 g/mol. The molecule has 5 heteroatoms. The molecule has 0 unspecified atom stereocenters. The smallest absolute Gasteiger partial charge is 0.304 e. The van der Waals surface area contributed by atoms with Crippen LogP contribution in [-0.4, -0.2) is 26.4 Å². The topological polar surface area (TPSA) is 55.1 Å². The van der Waals surface area contributed by atoms with E-state index in [9.17, 15) is 4.79 Å². The Morgan fingerprint density at radius 3 is 2.92 bits per heavy atom. The number of hydrogen-bond donors (Lipinski definition) is 1. The molecule has 13 heavy (non-hydrogen) atoms. The highest BCUT2D eigenvalue weighted by Gasteiger charge is 2.05. The summed E-state index contributed by atoms with van der Waals surface area (Å²) in [5, 5.41) is 9.35. The van der Waals surface area contributed by atoms with E-state index < -0.39 is 5.97 Å². The zero-order valence-electron chi connectivity index (χ0n) is 7.65. The molecule has 0 bridgehead atoms. The maximum atomic E-state index is 10.2. The minimum absolute atomic E-state index is 0.181. The predicted octanol–water partition coefficient (Wildman–Crippen LogP) is 1.30. The second-order valence-electron chi connectivity index (χ2n) is 2.74. The highest BCUT2D eigenvalue weighted by molar-refractivity contribution is 7.99. The van der Waals surface area contributed by atoms with E-state index in [1.54, 1.807) is 6.33 Å². The minimum atomic E-state index is -0.763. The number of imidazole rings is 1. The zero-order chi connectivity index (χ0) is 9.84. The van der Waals surface area contributed by atoms with Crippen LogP contribution in [-0.2, 0) is 11.8 Å². The van der Waals surface area contributed by atoms with E-state index >= 15 is 0 Å². The summed E-state index contributed by atoms with van der Waals surface area (Å²) in [6.07, 6.45) is 1.92. The number of aryl methyl sites for hydroxylation is 1. The summed E-state index contributed by atoms with van der Waals surface area (Å²) in [7, 11) is 1.92. The van der Waals surface area contributed by atoms with Crippen LogP contribution in [0.15, 0.2) is 11.4 Å². The van der Waals surface area contributed by atoms with Crippen LogP contribution < -0.4 is 0 Å². The maximum Gasteiger partial charge on any atom is 0.304 e. The van der Waals surface area contributed by atoms with Gasteiger partial charge in [-0.2, -0.15) is 0 Å². The highest BCUT2D eigenvalue weighted by atomic mass is 32.2. The van der Waals surface area contributed by atoms with Gasteiger partial charge in [-0.25, -0.2) is 4.98 Å². The molecule has 0 atom stereocenters. The molecule has 0 saturated carbocycles. The van der Waals surface area contributed by atoms with Crippen LogP contribution in [0.4, 0.5) is 0 Å². The lowest BCUT2D eigenvalue weighted by molar-refractivity contribution is -0.136. The molecular formula is C8H12N2O2S. The summed E-state index contributed by atoms with van der Waals surface area (Å²) < 4.78 is 1.92. The number of nitrogens with zero attached hydrogens (tertiary/aromatic N) is 2. The molecule has 1 N–H and O–H groups in total. The molecule has 1 heterocycles. The molecule has 72 valence electrons. The van der Waals surface area contributed by atoms with Crippen LogP contribution in [0, 0.1) is 6.92 Å². The molecule has 0 radical (unpaired) electrons. The first-order valence-corrected chi connectivity index (χ1v) is 4.92. The fourth-order valence-electron chi connectivity index (χ4n) is 0.847. The molecule has 4 nitrogen and oxygen atoms in total. The second kappa shape index (κ2) is 4.32. The van der Waals surface area contributed by atoms with Gasteiger partial charge in [-0.05, 0) is 6.92 Å². The van der Waals surface area contributed by atoms with Crippen molar-refractivity contribution in [1.29, 1.82) is 0 Å². The first kappa shape index (κ1) is 10.1. The molecule has 0 aliphatic heterocycles. The van der Waals surface area contributed by atoms with Crippen molar-refractivity contribution in [2.24, 2.45) is 7.05 Å². The number of carbonyl (C=O) groups is 1. The predicted molar refractivity (Wildman–Crippen MR) is 50.9 cm³/mol. The molecule has 0 fully saturated rings. The van der Waals surface area contributed by atoms with Gasteiger partial charge in [-0.1, -0.05) is 0 Å². The standard InChI is InChI=1S/C8H12N2O2S/c1-6-8(9-5-10(6)2)13-4-3-7(11)12/h5H,3-4H2,1-2H3,(H,11,12). The summed E-state index contributed by atoms with van der Waals surface area (Å²) in [5.74, 6) is -0.186. The van der Waals surface area contributed by atoms with Crippen LogP contribution in [0.1, 0.15) is 12.1 Å². The quantitative estimate of drug-likeness (QED) is 0.744. The van der Waals surface area contributed by atoms with Crippen molar-refractivity contribution < 1.29 is 9.90 Å². The molecule has 1 aromatic heterocycles. The van der Waals surface area contributed by atoms with Gasteiger partial charge < -0.3 is 9.67 Å². The first-order valence-electron chi connectivity index (χ1n) is 3.93. The third-order valence-corrected chi connectivity index (χ3v) is 2.82. The van der Waals surface area contributed by atoms with Gasteiger partial charge in [0.25, 0.3) is 0 Å². The number of hydrogen-bond acceptors (Lipinski definition) is 3. The van der Waals surface area contributed by atoms with Gasteiger partial charge in [0.15, 0.2) is 0 Å². The second-order valence-corrected chi connectivity index (χ2v) is 3.82. The minimum Gasteiger partial charge on any atom is -0.481 e. The van der Waals surface area contributed by atoms with Crippen molar-refractivity contribution in [2.75, 3.05) is 5.75 Å². The summed E-state index contributed by atoms with van der Waals surface area (Å²) in [5.41, 5.74) is 1.08. The van der Waals surface area contributed by atoms with Crippen molar-refractivity contribution in [3.8, 4) is 0 Å². The number of aromatic nitrogens is 2. The third-order valence-electron chi connectivity index (χ3n) is 1.74. The van der Waals surface area contributed by atoms with Gasteiger partial charge in [0.1, 0.15) is 5.03 Å². The lowest BCUT2D eigenvalue weighted by atomic mass is 10.5. The molecule has 0 aromatic carbocycles. The van der Waals surface area contributed by atoms with Crippen molar-refractivity contribution in [3.05, 3.63) is 12.0 Å². The SMILES string of the molecule is Cc1c(SCCC(=O)O)ncn1C. The summed E-state index contributed by atoms with van der Waals surface area (Å²) in [4.78, 5) is 14.4. The lowest BCUT2D eigenvalue weighted by Crippen LogP contribution is -1.96. The van der Waals surface area contributed by atoms with Crippen LogP contribution in [0.5, 0.6) is 0 Å². The van der Waals surface area contributed by atoms with Crippen LogP contribution in [0.3, 0.4) is 0 Å². The zero-order valence-corrected chi connectivity index (χ0v) is 8.47. The van der Waals surface area contributed by atoms with Crippen molar-refractivity contribution in [3.63, 3.8) is 0 Å². The molecule has 1 rings (SSSR count). The molecule has 0 amide bonds. The number of rotatable bonds is 4. The Labute approximate surface area is 81.0 Å². The van der Waals surface area contributed by atoms with Crippen molar-refractivity contribution in [2.45, 2.75) is 18.4 Å². The molecule has 0 aliphatic carbocycles. The van der Waals surface area contributed by atoms with Crippen LogP contribution in [0.25, 0.3) is 0 Å². The Morgan fingerprint density at radius 1 is 1.77 bits per heavy atom. The number of carboxylic acids is 1. The summed E-state index contributed by atoms with van der Waals surface area (Å²) in [6.45, 7) is 1.97. The van der Waals surface area contributed by atoms with Crippen LogP contribution in [0.2, 0.25) is 0 Å². The van der Waals surface area contributed by atoms with E-state index in [0.717, 1.165) is 10.7 Å². The van der Waals surface area contributed by atoms with Crippen LogP contribution >= 0.6 is 11.8 Å². The van der Waals surface area contributed by atoms with Gasteiger partial charge in [-0.15, -0.1) is 11.8 Å². The average Bonchev–Trinajstić information content (AvgIpc) is 2.35. The highest BCUT2D eigenvalue weighted by Crippen LogP contribution is 2.19. The maximum absolute atomic E-state index is 10.2. The fraction of sp³-hybridized carbons (Fsp3) is 0.500. The van der Waals surface area contributed by atoms with E-state index in [1.165, 1.54) is 11.8 Å². The normalized spacial score (nSPS) is 10.3. The molecule has 0 spiro atoms. The number of aliphatic carboxylic acids is 1. The Kier molecular flexibility index (Phi) is 3.36. The van der Waals surface area contributed by atoms with Crippen molar-refractivity contribution >= 4 is 17.7 Å². The monoisotopic (exact) mass is 200 g/mol. The van der Waals surface area contributed by atoms with Crippen molar-refractivity contribution in [1.82, 2.24) is 9.55 Å². The Morgan fingerprint density at radius 2 is 2.46 bits per heavy atom. The van der Waals surface area contributed by atoms with Gasteiger partial charge in [0, 0.05) is 18.5 Å². The Bertz CT molecular complexity index is 309. The molecule has 1 aromatic rings. The Hall–Kier alpha value is -0.970. The van der Waals surface area contributed by atoms with E-state index in [0.29, 0.717) is 5.75 Å². The van der Waals surface area contributed by atoms with E-state index in [4.69, 9.17) is 5.11 Å². The van der Waals surface area contributed by atoms with E-state index in [1.807, 2.05) is 18.5 Å². The largest absolute Gasteiger partial charge is 0.481 e. The third kappa shape index (κ3) is 2.77. The fourth-order valence-corrected chi connectivity index (χ4v) is 1.79. The number of carboxylic acid groups (broad SMARTS) is 1. The van der Waals surface area contributed by atoms with Gasteiger partial charge in [0.2, 0.25) is 0 Å². The summed E-state index contributed by atoms with van der Waals surface area (Å²) >= 11 is 1.48. The Balaban J connectivity index is 2.45. The van der Waals surface area contributed by atoms with Gasteiger partial charge >= 0.3 is 5.97 Å². The van der Waals surface area contributed by atoms with E-state index in [-0.39, 0.29) is 6.42 Å².